The van der Waals surface area contributed by atoms with Gasteiger partial charge in [0.05, 0.1) is 0 Å². The molecule has 1 rings (SSSR count). The Morgan fingerprint density at radius 1 is 0.500 bits per heavy atom. The molecular formula is C35H65N. The zero-order valence-electron chi connectivity index (χ0n) is 25.3. The van der Waals surface area contributed by atoms with Crippen LogP contribution in [-0.2, 0) is 12.0 Å². The van der Waals surface area contributed by atoms with Crippen molar-refractivity contribution in [1.29, 1.82) is 0 Å². The summed E-state index contributed by atoms with van der Waals surface area (Å²) >= 11 is 0. The van der Waals surface area contributed by atoms with Crippen molar-refractivity contribution < 1.29 is 0 Å². The molecule has 1 heteroatoms. The Morgan fingerprint density at radius 3 is 1.36 bits per heavy atom. The van der Waals surface area contributed by atoms with Crippen LogP contribution in [0.4, 0.5) is 0 Å². The molecule has 0 spiro atoms. The monoisotopic (exact) mass is 500 g/mol. The average molecular weight is 500 g/mol. The molecule has 0 saturated carbocycles. The minimum Gasteiger partial charge on any atom is -0.308 e. The molecule has 0 atom stereocenters. The van der Waals surface area contributed by atoms with E-state index in [4.69, 9.17) is 0 Å². The lowest BCUT2D eigenvalue weighted by Crippen LogP contribution is -2.38. The second-order valence-electron chi connectivity index (χ2n) is 12.0. The third-order valence-electron chi connectivity index (χ3n) is 8.09. The lowest BCUT2D eigenvalue weighted by molar-refractivity contribution is 0.391. The lowest BCUT2D eigenvalue weighted by Gasteiger charge is -2.29. The van der Waals surface area contributed by atoms with Crippen molar-refractivity contribution in [1.82, 2.24) is 5.32 Å². The summed E-state index contributed by atoms with van der Waals surface area (Å²) in [7, 11) is 0. The van der Waals surface area contributed by atoms with Crippen LogP contribution >= 0.6 is 0 Å². The maximum atomic E-state index is 3.89. The molecule has 210 valence electrons. The molecule has 0 heterocycles. The quantitative estimate of drug-likeness (QED) is 0.125. The van der Waals surface area contributed by atoms with Crippen molar-refractivity contribution in [3.8, 4) is 0 Å². The molecule has 0 saturated heterocycles. The van der Waals surface area contributed by atoms with Gasteiger partial charge in [0.2, 0.25) is 0 Å². The molecule has 0 unspecified atom stereocenters. The van der Waals surface area contributed by atoms with E-state index in [1.165, 1.54) is 153 Å². The highest BCUT2D eigenvalue weighted by molar-refractivity contribution is 5.33. The second kappa shape index (κ2) is 23.3. The van der Waals surface area contributed by atoms with E-state index >= 15 is 0 Å². The van der Waals surface area contributed by atoms with Crippen molar-refractivity contribution in [2.45, 2.75) is 181 Å². The van der Waals surface area contributed by atoms with Crippen LogP contribution in [-0.4, -0.2) is 6.54 Å². The standard InChI is InChI=1S/C35H65N/c1-5-7-9-11-13-15-17-18-20-22-24-28-32-36-35(3,4)34-31-27-26-30-33(34)29-25-23-21-19-16-14-12-10-8-6-2/h26-27,30-31,36H,5-25,28-29,32H2,1-4H3. The van der Waals surface area contributed by atoms with Crippen molar-refractivity contribution in [3.05, 3.63) is 35.4 Å². The molecule has 1 nitrogen and oxygen atoms in total. The molecule has 0 aromatic heterocycles. The number of unbranched alkanes of at least 4 members (excludes halogenated alkanes) is 20. The predicted molar refractivity (Wildman–Crippen MR) is 164 cm³/mol. The largest absolute Gasteiger partial charge is 0.308 e. The highest BCUT2D eigenvalue weighted by Gasteiger charge is 2.22. The fourth-order valence-electron chi connectivity index (χ4n) is 5.61. The topological polar surface area (TPSA) is 12.0 Å². The van der Waals surface area contributed by atoms with E-state index in [-0.39, 0.29) is 5.54 Å². The summed E-state index contributed by atoms with van der Waals surface area (Å²) in [5, 5.41) is 3.89. The van der Waals surface area contributed by atoms with Gasteiger partial charge in [-0.25, -0.2) is 0 Å². The van der Waals surface area contributed by atoms with E-state index in [9.17, 15) is 0 Å². The molecular weight excluding hydrogens is 434 g/mol. The Labute approximate surface area is 228 Å². The van der Waals surface area contributed by atoms with Crippen LogP contribution in [0.5, 0.6) is 0 Å². The summed E-state index contributed by atoms with van der Waals surface area (Å²) in [5.41, 5.74) is 3.14. The van der Waals surface area contributed by atoms with Crippen molar-refractivity contribution >= 4 is 0 Å². The molecule has 0 aliphatic rings. The molecule has 0 fully saturated rings. The predicted octanol–water partition coefficient (Wildman–Crippen LogP) is 11.7. The Kier molecular flexibility index (Phi) is 21.5. The number of aryl methyl sites for hydroxylation is 1. The Balaban J connectivity index is 2.13. The van der Waals surface area contributed by atoms with Crippen molar-refractivity contribution in [3.63, 3.8) is 0 Å². The summed E-state index contributed by atoms with van der Waals surface area (Å²) in [5.74, 6) is 0. The number of nitrogens with one attached hydrogen (secondary N) is 1. The molecule has 1 N–H and O–H groups in total. The van der Waals surface area contributed by atoms with Gasteiger partial charge in [-0.1, -0.05) is 167 Å². The fraction of sp³-hybridized carbons (Fsp3) is 0.829. The summed E-state index contributed by atoms with van der Waals surface area (Å²) in [4.78, 5) is 0. The van der Waals surface area contributed by atoms with Crippen LogP contribution in [0, 0.1) is 0 Å². The van der Waals surface area contributed by atoms with E-state index in [1.54, 1.807) is 5.56 Å². The maximum Gasteiger partial charge on any atom is 0.0380 e. The molecule has 0 aliphatic carbocycles. The van der Waals surface area contributed by atoms with E-state index in [0.717, 1.165) is 6.54 Å². The number of rotatable bonds is 26. The van der Waals surface area contributed by atoms with Gasteiger partial charge in [-0.2, -0.15) is 0 Å². The first-order chi connectivity index (χ1) is 17.6. The minimum atomic E-state index is 0.0624. The summed E-state index contributed by atoms with van der Waals surface area (Å²) in [6.07, 6.45) is 32.4. The van der Waals surface area contributed by atoms with Gasteiger partial charge >= 0.3 is 0 Å². The van der Waals surface area contributed by atoms with Gasteiger partial charge in [-0.05, 0) is 50.8 Å². The van der Waals surface area contributed by atoms with E-state index in [0.29, 0.717) is 0 Å². The van der Waals surface area contributed by atoms with E-state index in [2.05, 4.69) is 57.3 Å². The Hall–Kier alpha value is -0.820. The zero-order valence-corrected chi connectivity index (χ0v) is 25.3. The third kappa shape index (κ3) is 17.6. The van der Waals surface area contributed by atoms with Gasteiger partial charge < -0.3 is 5.32 Å². The molecule has 0 radical (unpaired) electrons. The molecule has 0 bridgehead atoms. The maximum absolute atomic E-state index is 3.89. The lowest BCUT2D eigenvalue weighted by atomic mass is 9.87. The second-order valence-corrected chi connectivity index (χ2v) is 12.0. The molecule has 0 amide bonds. The third-order valence-corrected chi connectivity index (χ3v) is 8.09. The van der Waals surface area contributed by atoms with Gasteiger partial charge in [0.15, 0.2) is 0 Å². The molecule has 0 aliphatic heterocycles. The van der Waals surface area contributed by atoms with Crippen LogP contribution < -0.4 is 5.32 Å². The van der Waals surface area contributed by atoms with Crippen molar-refractivity contribution in [2.75, 3.05) is 6.54 Å². The SMILES string of the molecule is CCCCCCCCCCCCCCNC(C)(C)c1ccccc1CCCCCCCCCCCC. The first-order valence-corrected chi connectivity index (χ1v) is 16.4. The van der Waals surface area contributed by atoms with Gasteiger partial charge in [-0.3, -0.25) is 0 Å². The summed E-state index contributed by atoms with van der Waals surface area (Å²) in [6.45, 7) is 10.5. The van der Waals surface area contributed by atoms with Crippen LogP contribution in [0.25, 0.3) is 0 Å². The van der Waals surface area contributed by atoms with Crippen LogP contribution in [0.2, 0.25) is 0 Å². The Bertz CT molecular complexity index is 590. The van der Waals surface area contributed by atoms with E-state index < -0.39 is 0 Å². The average Bonchev–Trinajstić information content (AvgIpc) is 2.88. The van der Waals surface area contributed by atoms with Gasteiger partial charge in [-0.15, -0.1) is 0 Å². The molecule has 1 aromatic rings. The van der Waals surface area contributed by atoms with Crippen LogP contribution in [0.3, 0.4) is 0 Å². The normalized spacial score (nSPS) is 11.9. The fourth-order valence-corrected chi connectivity index (χ4v) is 5.61. The van der Waals surface area contributed by atoms with Crippen molar-refractivity contribution in [2.24, 2.45) is 0 Å². The smallest absolute Gasteiger partial charge is 0.0380 e. The number of hydrogen-bond acceptors (Lipinski definition) is 1. The Morgan fingerprint density at radius 2 is 0.889 bits per heavy atom. The van der Waals surface area contributed by atoms with Gasteiger partial charge in [0, 0.05) is 5.54 Å². The summed E-state index contributed by atoms with van der Waals surface area (Å²) in [6, 6.07) is 9.19. The molecule has 1 aromatic carbocycles. The van der Waals surface area contributed by atoms with Crippen LogP contribution in [0.1, 0.15) is 180 Å². The van der Waals surface area contributed by atoms with Crippen LogP contribution in [0.15, 0.2) is 24.3 Å². The number of hydrogen-bond donors (Lipinski definition) is 1. The zero-order chi connectivity index (χ0) is 26.2. The highest BCUT2D eigenvalue weighted by Crippen LogP contribution is 2.26. The molecule has 36 heavy (non-hydrogen) atoms. The van der Waals surface area contributed by atoms with E-state index in [1.807, 2.05) is 0 Å². The van der Waals surface area contributed by atoms with Gasteiger partial charge in [0.25, 0.3) is 0 Å². The summed E-state index contributed by atoms with van der Waals surface area (Å²) < 4.78 is 0. The first kappa shape index (κ1) is 33.2. The minimum absolute atomic E-state index is 0.0624. The number of benzene rings is 1. The van der Waals surface area contributed by atoms with Gasteiger partial charge in [0.1, 0.15) is 0 Å². The highest BCUT2D eigenvalue weighted by atomic mass is 14.9. The first-order valence-electron chi connectivity index (χ1n) is 16.4.